The Morgan fingerprint density at radius 3 is 1.14 bits per heavy atom. The third kappa shape index (κ3) is 9.49. The first kappa shape index (κ1) is 52.5. The van der Waals surface area contributed by atoms with Gasteiger partial charge in [0.05, 0.1) is 91.1 Å². The van der Waals surface area contributed by atoms with Gasteiger partial charge in [0.2, 0.25) is 0 Å². The maximum Gasteiger partial charge on any atom is 0.113 e. The predicted molar refractivity (Wildman–Crippen MR) is 368 cm³/mol. The SMILES string of the molecule is c1ccc(-c2ccc3ccc4ccc(-c5ccc6nc(-c7ccccc7)c7ccc8nsnc8c7c6c5)nc4c3n2)cc1.c1ccc(-c2nc3ccc(-c4ccc(-c5cc(-c6ccccn6)nc(-c6ccccn6)c5)cc4)cc3c3c2ccc2nsnc23)cc1. The van der Waals surface area contributed by atoms with Gasteiger partial charge in [0, 0.05) is 77.7 Å². The molecule has 0 unspecified atom stereocenters. The zero-order valence-corrected chi connectivity index (χ0v) is 49.3. The second kappa shape index (κ2) is 22.2. The molecule has 0 spiro atoms. The molecule has 420 valence electrons. The zero-order chi connectivity index (χ0) is 59.5. The number of fused-ring (bicyclic) bond motifs is 13. The molecule has 18 rings (SSSR count). The van der Waals surface area contributed by atoms with Crippen LogP contribution in [-0.2, 0) is 0 Å². The number of rotatable bonds is 8. The van der Waals surface area contributed by atoms with Crippen molar-refractivity contribution in [2.75, 3.05) is 0 Å². The number of pyridine rings is 7. The lowest BCUT2D eigenvalue weighted by Gasteiger charge is -2.12. The summed E-state index contributed by atoms with van der Waals surface area (Å²) < 4.78 is 18.5. The fraction of sp³-hybridized carbons (Fsp3) is 0. The molecule has 13 heteroatoms. The molecule has 0 saturated heterocycles. The Hall–Kier alpha value is -11.8. The van der Waals surface area contributed by atoms with E-state index in [1.165, 1.54) is 23.5 Å². The summed E-state index contributed by atoms with van der Waals surface area (Å²) in [5.74, 6) is 0. The van der Waals surface area contributed by atoms with Gasteiger partial charge in [-0.2, -0.15) is 17.5 Å². The molecule has 0 amide bonds. The third-order valence-corrected chi connectivity index (χ3v) is 17.7. The normalized spacial score (nSPS) is 11.6. The molecule has 0 aliphatic rings. The molecule has 0 aliphatic heterocycles. The zero-order valence-electron chi connectivity index (χ0n) is 47.7. The fourth-order valence-electron chi connectivity index (χ4n) is 12.2. The van der Waals surface area contributed by atoms with E-state index in [0.717, 1.165) is 177 Å². The highest BCUT2D eigenvalue weighted by Gasteiger charge is 2.20. The van der Waals surface area contributed by atoms with Crippen molar-refractivity contribution < 1.29 is 0 Å². The van der Waals surface area contributed by atoms with Crippen LogP contribution >= 0.6 is 23.5 Å². The molecule has 0 radical (unpaired) electrons. The molecule has 9 aromatic carbocycles. The third-order valence-electron chi connectivity index (χ3n) is 16.6. The van der Waals surface area contributed by atoms with Gasteiger partial charge in [-0.25, -0.2) is 24.9 Å². The Morgan fingerprint density at radius 2 is 0.644 bits per heavy atom. The number of nitrogens with zero attached hydrogens (tertiary/aromatic N) is 11. The monoisotopic (exact) mass is 1190 g/mol. The van der Waals surface area contributed by atoms with Crippen LogP contribution in [0.2, 0.25) is 0 Å². The highest BCUT2D eigenvalue weighted by molar-refractivity contribution is 7.00. The first-order valence-corrected chi connectivity index (χ1v) is 30.8. The molecule has 9 heterocycles. The van der Waals surface area contributed by atoms with Gasteiger partial charge in [-0.05, 0) is 119 Å². The summed E-state index contributed by atoms with van der Waals surface area (Å²) in [4.78, 5) is 34.6. The summed E-state index contributed by atoms with van der Waals surface area (Å²) in [6.45, 7) is 0. The van der Waals surface area contributed by atoms with E-state index in [-0.39, 0.29) is 0 Å². The molecule has 0 atom stereocenters. The van der Waals surface area contributed by atoms with E-state index in [1.807, 2.05) is 103 Å². The van der Waals surface area contributed by atoms with Crippen LogP contribution in [0.3, 0.4) is 0 Å². The summed E-state index contributed by atoms with van der Waals surface area (Å²) in [5, 5.41) is 8.51. The van der Waals surface area contributed by atoms with Crippen molar-refractivity contribution in [3.8, 4) is 90.1 Å². The molecule has 18 aromatic rings. The average molecular weight is 1190 g/mol. The minimum Gasteiger partial charge on any atom is -0.255 e. The van der Waals surface area contributed by atoms with E-state index in [4.69, 9.17) is 33.7 Å². The number of hydrogen-bond donors (Lipinski definition) is 0. The lowest BCUT2D eigenvalue weighted by atomic mass is 9.95. The molecule has 90 heavy (non-hydrogen) atoms. The highest BCUT2D eigenvalue weighted by atomic mass is 32.1. The summed E-state index contributed by atoms with van der Waals surface area (Å²) in [6.07, 6.45) is 3.58. The Balaban J connectivity index is 0.000000139. The van der Waals surface area contributed by atoms with Crippen LogP contribution in [0.5, 0.6) is 0 Å². The van der Waals surface area contributed by atoms with Gasteiger partial charge < -0.3 is 0 Å². The first-order valence-electron chi connectivity index (χ1n) is 29.4. The van der Waals surface area contributed by atoms with Crippen LogP contribution in [0.4, 0.5) is 0 Å². The second-order valence-electron chi connectivity index (χ2n) is 22.0. The lowest BCUT2D eigenvalue weighted by molar-refractivity contribution is 1.22. The number of aromatic nitrogens is 11. The van der Waals surface area contributed by atoms with Gasteiger partial charge in [-0.3, -0.25) is 9.97 Å². The van der Waals surface area contributed by atoms with E-state index in [2.05, 4.69) is 176 Å². The Kier molecular flexibility index (Phi) is 13.0. The standard InChI is InChI=1S/C40H24N6S.C37H21N5S/c1-2-8-27(9-3-1)39-30-17-19-35-40(46-47-45-35)38(30)31-22-28(16-18-32(31)44-39)25-12-14-26(15-13-25)29-23-36(33-10-4-6-20-41-33)43-37(24-29)34-11-5-7-21-42-34;1-3-7-22(8-4-1)29-17-13-24-11-12-25-14-18-30(39-36(25)35(24)38-29)26-15-19-31-28(21-26)33-27(16-20-32-37(33)42-43-41-32)34(40-31)23-9-5-2-6-10-23/h1-24H;1-21H. The first-order chi connectivity index (χ1) is 44.6. The van der Waals surface area contributed by atoms with E-state index >= 15 is 0 Å². The predicted octanol–water partition coefficient (Wildman–Crippen LogP) is 19.4. The molecule has 0 aliphatic carbocycles. The Labute approximate surface area is 523 Å². The highest BCUT2D eigenvalue weighted by Crippen LogP contribution is 2.41. The molecule has 0 N–H and O–H groups in total. The molecule has 0 saturated carbocycles. The van der Waals surface area contributed by atoms with Crippen LogP contribution in [0, 0.1) is 0 Å². The molecule has 0 fully saturated rings. The molecule has 11 nitrogen and oxygen atoms in total. The van der Waals surface area contributed by atoms with Gasteiger partial charge in [0.15, 0.2) is 0 Å². The molecule has 0 bridgehead atoms. The lowest BCUT2D eigenvalue weighted by Crippen LogP contribution is -1.94. The topological polar surface area (TPSA) is 142 Å². The molecular weight excluding hydrogens is 1140 g/mol. The van der Waals surface area contributed by atoms with Gasteiger partial charge >= 0.3 is 0 Å². The van der Waals surface area contributed by atoms with Gasteiger partial charge in [-0.1, -0.05) is 164 Å². The quantitative estimate of drug-likeness (QED) is 0.134. The van der Waals surface area contributed by atoms with E-state index in [0.29, 0.717) is 0 Å². The summed E-state index contributed by atoms with van der Waals surface area (Å²) in [5.41, 5.74) is 22.8. The van der Waals surface area contributed by atoms with E-state index in [1.54, 1.807) is 12.4 Å². The van der Waals surface area contributed by atoms with Gasteiger partial charge in [0.25, 0.3) is 0 Å². The minimum atomic E-state index is 0.805. The molecule has 9 aromatic heterocycles. The van der Waals surface area contributed by atoms with Crippen molar-refractivity contribution >= 4 is 111 Å². The van der Waals surface area contributed by atoms with Crippen molar-refractivity contribution in [2.45, 2.75) is 0 Å². The maximum absolute atomic E-state index is 5.20. The summed E-state index contributed by atoms with van der Waals surface area (Å²) in [6, 6.07) is 89.4. The van der Waals surface area contributed by atoms with Crippen LogP contribution in [0.1, 0.15) is 0 Å². The average Bonchev–Trinajstić information content (AvgIpc) is 1.57. The number of benzene rings is 9. The summed E-state index contributed by atoms with van der Waals surface area (Å²) >= 11 is 2.49. The Morgan fingerprint density at radius 1 is 0.222 bits per heavy atom. The minimum absolute atomic E-state index is 0.805. The van der Waals surface area contributed by atoms with Crippen LogP contribution in [0.15, 0.2) is 273 Å². The van der Waals surface area contributed by atoms with Crippen molar-refractivity contribution in [3.05, 3.63) is 273 Å². The van der Waals surface area contributed by atoms with Crippen molar-refractivity contribution in [3.63, 3.8) is 0 Å². The molecular formula is C77H45N11S2. The number of hydrogen-bond acceptors (Lipinski definition) is 13. The van der Waals surface area contributed by atoms with Crippen molar-refractivity contribution in [2.24, 2.45) is 0 Å². The van der Waals surface area contributed by atoms with E-state index in [9.17, 15) is 0 Å². The van der Waals surface area contributed by atoms with Gasteiger partial charge in [-0.15, -0.1) is 0 Å². The van der Waals surface area contributed by atoms with Crippen LogP contribution in [-0.4, -0.2) is 52.4 Å². The largest absolute Gasteiger partial charge is 0.255 e. The van der Waals surface area contributed by atoms with E-state index < -0.39 is 0 Å². The van der Waals surface area contributed by atoms with Crippen LogP contribution in [0.25, 0.3) is 177 Å². The second-order valence-corrected chi connectivity index (χ2v) is 23.0. The fourth-order valence-corrected chi connectivity index (χ4v) is 13.3. The van der Waals surface area contributed by atoms with Crippen LogP contribution < -0.4 is 0 Å². The smallest absolute Gasteiger partial charge is 0.113 e. The Bertz CT molecular complexity index is 5720. The van der Waals surface area contributed by atoms with Crippen molar-refractivity contribution in [1.29, 1.82) is 0 Å². The van der Waals surface area contributed by atoms with Crippen molar-refractivity contribution in [1.82, 2.24) is 52.4 Å². The maximum atomic E-state index is 5.20. The van der Waals surface area contributed by atoms with Gasteiger partial charge in [0.1, 0.15) is 22.1 Å². The summed E-state index contributed by atoms with van der Waals surface area (Å²) in [7, 11) is 0.